The Labute approximate surface area is 176 Å². The predicted molar refractivity (Wildman–Crippen MR) is 114 cm³/mol. The maximum atomic E-state index is 11.6. The zero-order valence-corrected chi connectivity index (χ0v) is 17.8. The highest BCUT2D eigenvalue weighted by atomic mass is 16.6. The van der Waals surface area contributed by atoms with Crippen molar-refractivity contribution >= 4 is 11.4 Å². The lowest BCUT2D eigenvalue weighted by Crippen LogP contribution is -2.52. The number of aromatic nitrogens is 3. The van der Waals surface area contributed by atoms with Crippen LogP contribution < -0.4 is 9.64 Å². The number of hydrogen-bond donors (Lipinski definition) is 0. The molecule has 2 aromatic rings. The van der Waals surface area contributed by atoms with Gasteiger partial charge in [0.2, 0.25) is 0 Å². The molecule has 10 heteroatoms. The number of ether oxygens (including phenoxy) is 1. The van der Waals surface area contributed by atoms with Crippen LogP contribution in [-0.4, -0.2) is 89.2 Å². The van der Waals surface area contributed by atoms with Crippen molar-refractivity contribution in [3.8, 4) is 17.0 Å². The van der Waals surface area contributed by atoms with E-state index in [-0.39, 0.29) is 11.4 Å². The minimum absolute atomic E-state index is 0.0609. The second-order valence-corrected chi connectivity index (χ2v) is 8.08. The first-order chi connectivity index (χ1) is 14.5. The predicted octanol–water partition coefficient (Wildman–Crippen LogP) is 1.62. The van der Waals surface area contributed by atoms with Crippen LogP contribution in [0.15, 0.2) is 18.3 Å². The zero-order valence-electron chi connectivity index (χ0n) is 17.8. The van der Waals surface area contributed by atoms with Crippen molar-refractivity contribution in [3.63, 3.8) is 0 Å². The smallest absolute Gasteiger partial charge is 0.311 e. The molecule has 0 saturated carbocycles. The lowest BCUT2D eigenvalue weighted by molar-refractivity contribution is -0.385. The van der Waals surface area contributed by atoms with Crippen LogP contribution in [0.4, 0.5) is 11.4 Å². The van der Waals surface area contributed by atoms with E-state index in [0.29, 0.717) is 17.3 Å². The van der Waals surface area contributed by atoms with E-state index >= 15 is 0 Å². The molecule has 2 aliphatic heterocycles. The summed E-state index contributed by atoms with van der Waals surface area (Å²) < 4.78 is 5.34. The Balaban J connectivity index is 1.59. The summed E-state index contributed by atoms with van der Waals surface area (Å²) in [5, 5.41) is 20.1. The quantitative estimate of drug-likeness (QED) is 0.537. The van der Waals surface area contributed by atoms with Gasteiger partial charge in [0.1, 0.15) is 5.69 Å². The summed E-state index contributed by atoms with van der Waals surface area (Å²) in [7, 11) is 5.38. The second kappa shape index (κ2) is 8.57. The number of nitrogens with zero attached hydrogens (tertiary/aromatic N) is 7. The van der Waals surface area contributed by atoms with E-state index in [9.17, 15) is 10.1 Å². The molecule has 1 aromatic heterocycles. The standard InChI is InChI=1S/C20H29N7O3/c1-23-8-10-25(11-9-23)15-4-6-26(7-5-15)18-13-20(30-3)19(27(28)29)12-16(18)17-14-21-24(2)22-17/h12-15H,4-11H2,1-3H3. The molecule has 2 fully saturated rings. The molecule has 0 bridgehead atoms. The molecule has 3 heterocycles. The maximum Gasteiger partial charge on any atom is 0.311 e. The van der Waals surface area contributed by atoms with Crippen LogP contribution in [0.3, 0.4) is 0 Å². The highest BCUT2D eigenvalue weighted by molar-refractivity contribution is 5.81. The van der Waals surface area contributed by atoms with E-state index in [2.05, 4.69) is 31.9 Å². The van der Waals surface area contributed by atoms with Gasteiger partial charge in [0.25, 0.3) is 0 Å². The first kappa shape index (κ1) is 20.5. The number of piperidine rings is 1. The molecule has 162 valence electrons. The van der Waals surface area contributed by atoms with Crippen LogP contribution in [-0.2, 0) is 7.05 Å². The summed E-state index contributed by atoms with van der Waals surface area (Å²) in [5.41, 5.74) is 2.19. The molecule has 0 spiro atoms. The van der Waals surface area contributed by atoms with Crippen molar-refractivity contribution in [2.24, 2.45) is 7.05 Å². The Morgan fingerprint density at radius 1 is 1.10 bits per heavy atom. The summed E-state index contributed by atoms with van der Waals surface area (Å²) >= 11 is 0. The number of piperazine rings is 1. The molecule has 0 aliphatic carbocycles. The van der Waals surface area contributed by atoms with Gasteiger partial charge in [-0.2, -0.15) is 15.0 Å². The second-order valence-electron chi connectivity index (χ2n) is 8.08. The van der Waals surface area contributed by atoms with E-state index in [4.69, 9.17) is 4.74 Å². The number of nitro benzene ring substituents is 1. The monoisotopic (exact) mass is 415 g/mol. The van der Waals surface area contributed by atoms with Crippen molar-refractivity contribution in [1.29, 1.82) is 0 Å². The zero-order chi connectivity index (χ0) is 21.3. The molecule has 2 saturated heterocycles. The summed E-state index contributed by atoms with van der Waals surface area (Å²) in [6.45, 7) is 6.28. The number of anilines is 1. The summed E-state index contributed by atoms with van der Waals surface area (Å²) in [6, 6.07) is 3.93. The lowest BCUT2D eigenvalue weighted by Gasteiger charge is -2.42. The molecule has 2 aliphatic rings. The molecule has 10 nitrogen and oxygen atoms in total. The first-order valence-corrected chi connectivity index (χ1v) is 10.4. The summed E-state index contributed by atoms with van der Waals surface area (Å²) in [6.07, 6.45) is 3.79. The molecular weight excluding hydrogens is 386 g/mol. The van der Waals surface area contributed by atoms with Gasteiger partial charge in [0.05, 0.1) is 23.9 Å². The van der Waals surface area contributed by atoms with Gasteiger partial charge in [0.15, 0.2) is 5.75 Å². The third kappa shape index (κ3) is 4.10. The van der Waals surface area contributed by atoms with Gasteiger partial charge < -0.3 is 14.5 Å². The van der Waals surface area contributed by atoms with Gasteiger partial charge in [-0.25, -0.2) is 0 Å². The van der Waals surface area contributed by atoms with Crippen molar-refractivity contribution < 1.29 is 9.66 Å². The van der Waals surface area contributed by atoms with Crippen LogP contribution in [0.1, 0.15) is 12.8 Å². The number of hydrogen-bond acceptors (Lipinski definition) is 8. The number of benzene rings is 1. The Morgan fingerprint density at radius 2 is 1.80 bits per heavy atom. The third-order valence-electron chi connectivity index (χ3n) is 6.23. The number of nitro groups is 1. The number of aryl methyl sites for hydroxylation is 1. The van der Waals surface area contributed by atoms with Gasteiger partial charge in [-0.05, 0) is 19.9 Å². The van der Waals surface area contributed by atoms with Crippen molar-refractivity contribution in [2.45, 2.75) is 18.9 Å². The molecule has 30 heavy (non-hydrogen) atoms. The highest BCUT2D eigenvalue weighted by Crippen LogP contribution is 2.40. The van der Waals surface area contributed by atoms with E-state index in [1.54, 1.807) is 25.4 Å². The van der Waals surface area contributed by atoms with Gasteiger partial charge >= 0.3 is 5.69 Å². The van der Waals surface area contributed by atoms with Gasteiger partial charge in [-0.15, -0.1) is 0 Å². The SMILES string of the molecule is COc1cc(N2CCC(N3CCN(C)CC3)CC2)c(-c2cnn(C)n2)cc1[N+](=O)[O-]. The van der Waals surface area contributed by atoms with E-state index in [1.807, 2.05) is 0 Å². The third-order valence-corrected chi connectivity index (χ3v) is 6.23. The fourth-order valence-corrected chi connectivity index (χ4v) is 4.46. The molecule has 0 atom stereocenters. The maximum absolute atomic E-state index is 11.6. The van der Waals surface area contributed by atoms with Crippen molar-refractivity contribution in [3.05, 3.63) is 28.4 Å². The Bertz CT molecular complexity index is 900. The molecule has 0 N–H and O–H groups in total. The normalized spacial score (nSPS) is 19.2. The molecule has 0 amide bonds. The highest BCUT2D eigenvalue weighted by Gasteiger charge is 2.30. The Hall–Kier alpha value is -2.72. The minimum Gasteiger partial charge on any atom is -0.490 e. The topological polar surface area (TPSA) is 92.8 Å². The summed E-state index contributed by atoms with van der Waals surface area (Å²) in [4.78, 5) is 19.9. The van der Waals surface area contributed by atoms with Crippen LogP contribution in [0.5, 0.6) is 5.75 Å². The molecule has 4 rings (SSSR count). The van der Waals surface area contributed by atoms with E-state index in [0.717, 1.165) is 57.8 Å². The lowest BCUT2D eigenvalue weighted by atomic mass is 9.99. The van der Waals surface area contributed by atoms with Crippen LogP contribution in [0, 0.1) is 10.1 Å². The Kier molecular flexibility index (Phi) is 5.87. The van der Waals surface area contributed by atoms with Gasteiger partial charge in [0, 0.05) is 70.1 Å². The van der Waals surface area contributed by atoms with Crippen LogP contribution in [0.25, 0.3) is 11.3 Å². The van der Waals surface area contributed by atoms with E-state index in [1.165, 1.54) is 11.9 Å². The number of methoxy groups -OCH3 is 1. The van der Waals surface area contributed by atoms with E-state index < -0.39 is 4.92 Å². The number of rotatable bonds is 5. The summed E-state index contributed by atoms with van der Waals surface area (Å²) in [5.74, 6) is 0.267. The van der Waals surface area contributed by atoms with Gasteiger partial charge in [-0.3, -0.25) is 15.0 Å². The molecule has 0 radical (unpaired) electrons. The number of likely N-dealkylation sites (N-methyl/N-ethyl adjacent to an activating group) is 1. The molecule has 1 aromatic carbocycles. The van der Waals surface area contributed by atoms with Gasteiger partial charge in [-0.1, -0.05) is 0 Å². The van der Waals surface area contributed by atoms with Crippen LogP contribution >= 0.6 is 0 Å². The average Bonchev–Trinajstić information content (AvgIpc) is 3.19. The first-order valence-electron chi connectivity index (χ1n) is 10.4. The largest absolute Gasteiger partial charge is 0.490 e. The fourth-order valence-electron chi connectivity index (χ4n) is 4.46. The molecule has 0 unspecified atom stereocenters. The Morgan fingerprint density at radius 3 is 2.37 bits per heavy atom. The van der Waals surface area contributed by atoms with Crippen molar-refractivity contribution in [1.82, 2.24) is 24.8 Å². The fraction of sp³-hybridized carbons (Fsp3) is 0.600. The average molecular weight is 415 g/mol. The minimum atomic E-state index is -0.415. The van der Waals surface area contributed by atoms with Crippen LogP contribution in [0.2, 0.25) is 0 Å². The van der Waals surface area contributed by atoms with Crippen molar-refractivity contribution in [2.75, 3.05) is 58.3 Å². The molecular formula is C20H29N7O3.